The van der Waals surface area contributed by atoms with Gasteiger partial charge in [0.15, 0.2) is 0 Å². The lowest BCUT2D eigenvalue weighted by Crippen LogP contribution is -2.43. The fourth-order valence-electron chi connectivity index (χ4n) is 8.89. The number of hydrogen-bond acceptors (Lipinski definition) is 19. The summed E-state index contributed by atoms with van der Waals surface area (Å²) in [6.07, 6.45) is 22.9. The number of fused-ring (bicyclic) bond motifs is 1. The van der Waals surface area contributed by atoms with E-state index in [9.17, 15) is 24.3 Å². The van der Waals surface area contributed by atoms with E-state index < -0.39 is 5.60 Å². The summed E-state index contributed by atoms with van der Waals surface area (Å²) in [5.41, 5.74) is 2.81. The van der Waals surface area contributed by atoms with Crippen LogP contribution in [0.2, 0.25) is 0 Å². The van der Waals surface area contributed by atoms with Gasteiger partial charge in [0.1, 0.15) is 51.6 Å². The van der Waals surface area contributed by atoms with Gasteiger partial charge in [-0.2, -0.15) is 0 Å². The first-order chi connectivity index (χ1) is 43.5. The minimum absolute atomic E-state index is 0.246. The first kappa shape index (κ1) is 85.2. The van der Waals surface area contributed by atoms with Gasteiger partial charge in [0.05, 0.1) is 37.0 Å². The average Bonchev–Trinajstić information content (AvgIpc) is 1.88. The van der Waals surface area contributed by atoms with Crippen molar-refractivity contribution in [1.29, 1.82) is 0 Å². The minimum Gasteiger partial charge on any atom is -0.465 e. The van der Waals surface area contributed by atoms with Crippen LogP contribution in [0.1, 0.15) is 178 Å². The molecule has 1 aliphatic heterocycles. The highest BCUT2D eigenvalue weighted by molar-refractivity contribution is 5.79. The van der Waals surface area contributed by atoms with Crippen molar-refractivity contribution in [2.45, 2.75) is 190 Å². The number of aliphatic hydroxyl groups is 1. The van der Waals surface area contributed by atoms with E-state index >= 15 is 0 Å². The highest BCUT2D eigenvalue weighted by Gasteiger charge is 2.27. The predicted molar refractivity (Wildman–Crippen MR) is 358 cm³/mol. The van der Waals surface area contributed by atoms with Crippen LogP contribution in [0.4, 0.5) is 4.79 Å². The number of aromatic amines is 1. The van der Waals surface area contributed by atoms with Gasteiger partial charge in [0, 0.05) is 100 Å². The third kappa shape index (κ3) is 50.8. The minimum atomic E-state index is -0.396. The summed E-state index contributed by atoms with van der Waals surface area (Å²) in [4.78, 5) is 60.0. The number of carbonyl (C=O) groups excluding carboxylic acids is 4. The van der Waals surface area contributed by atoms with Gasteiger partial charge < -0.3 is 67.3 Å². The number of nitrogens with zero attached hydrogens (tertiary/aromatic N) is 5. The number of aliphatic hydroxyl groups excluding tert-OH is 1. The number of esters is 3. The Kier molecular flexibility index (Phi) is 56.1. The second-order valence-corrected chi connectivity index (χ2v) is 22.9. The summed E-state index contributed by atoms with van der Waals surface area (Å²) in [6.45, 7) is 29.4. The highest BCUT2D eigenvalue weighted by Crippen LogP contribution is 2.20. The van der Waals surface area contributed by atoms with Crippen LogP contribution in [-0.4, -0.2) is 224 Å². The van der Waals surface area contributed by atoms with E-state index in [4.69, 9.17) is 47.4 Å². The monoisotopic (exact) mass is 1280 g/mol. The third-order valence-electron chi connectivity index (χ3n) is 14.5. The Morgan fingerprint density at radius 1 is 0.522 bits per heavy atom. The Bertz CT molecular complexity index is 1990. The van der Waals surface area contributed by atoms with Crippen LogP contribution in [0.25, 0.3) is 22.4 Å². The number of rotatable bonds is 45. The Hall–Kier alpha value is -4.81. The van der Waals surface area contributed by atoms with Gasteiger partial charge in [0.25, 0.3) is 0 Å². The molecule has 21 nitrogen and oxygen atoms in total. The van der Waals surface area contributed by atoms with Crippen molar-refractivity contribution in [2.24, 2.45) is 0 Å². The van der Waals surface area contributed by atoms with Crippen molar-refractivity contribution in [3.05, 3.63) is 54.6 Å². The number of nitrogens with one attached hydrogen (secondary N) is 1. The van der Waals surface area contributed by atoms with E-state index in [0.29, 0.717) is 85.8 Å². The first-order valence-corrected chi connectivity index (χ1v) is 33.4. The van der Waals surface area contributed by atoms with Crippen LogP contribution in [0.5, 0.6) is 0 Å². The van der Waals surface area contributed by atoms with Crippen LogP contribution in [0.3, 0.4) is 0 Å². The number of piperidine rings is 1. The molecule has 2 N–H and O–H groups in total. The first-order valence-electron chi connectivity index (χ1n) is 33.4. The lowest BCUT2D eigenvalue weighted by Gasteiger charge is -2.32. The van der Waals surface area contributed by atoms with Gasteiger partial charge in [-0.3, -0.25) is 24.2 Å². The van der Waals surface area contributed by atoms with Gasteiger partial charge in [-0.25, -0.2) is 9.78 Å². The molecule has 0 aliphatic carbocycles. The maximum Gasteiger partial charge on any atom is 0.410 e. The van der Waals surface area contributed by atoms with E-state index in [1.165, 1.54) is 137 Å². The smallest absolute Gasteiger partial charge is 0.410 e. The maximum absolute atomic E-state index is 11.7. The third-order valence-corrected chi connectivity index (χ3v) is 14.5. The van der Waals surface area contributed by atoms with Crippen LogP contribution in [0.15, 0.2) is 54.6 Å². The second-order valence-electron chi connectivity index (χ2n) is 22.9. The van der Waals surface area contributed by atoms with Crippen LogP contribution >= 0.6 is 0 Å². The van der Waals surface area contributed by atoms with E-state index in [2.05, 4.69) is 52.7 Å². The predicted octanol–water partition coefficient (Wildman–Crippen LogP) is 12.3. The molecule has 0 radical (unpaired) electrons. The number of methoxy groups -OCH3 is 3. The number of benzene rings is 2. The van der Waals surface area contributed by atoms with Crippen molar-refractivity contribution >= 4 is 35.0 Å². The molecule has 21 heteroatoms. The van der Waals surface area contributed by atoms with E-state index in [0.717, 1.165) is 48.5 Å². The molecule has 4 rings (SSSR count). The summed E-state index contributed by atoms with van der Waals surface area (Å²) in [6, 6.07) is 18.2. The summed E-state index contributed by atoms with van der Waals surface area (Å²) in [5.74, 6) is -0.114. The van der Waals surface area contributed by atoms with Crippen molar-refractivity contribution < 1.29 is 71.7 Å². The van der Waals surface area contributed by atoms with Crippen molar-refractivity contribution in [3.63, 3.8) is 0 Å². The number of unbranched alkanes of at least 4 members (excludes halogenated alkanes) is 12. The Morgan fingerprint density at radius 2 is 0.889 bits per heavy atom. The number of H-pyrrole nitrogens is 1. The largest absolute Gasteiger partial charge is 0.465 e. The molecule has 3 aromatic rings. The summed E-state index contributed by atoms with van der Waals surface area (Å²) >= 11 is 0. The number of aromatic nitrogens is 2. The zero-order valence-electron chi connectivity index (χ0n) is 58.0. The van der Waals surface area contributed by atoms with Gasteiger partial charge in [-0.1, -0.05) is 147 Å². The number of ether oxygens (including phenoxy) is 10. The molecular weight excluding hydrogens is 1150 g/mol. The van der Waals surface area contributed by atoms with Gasteiger partial charge in [0.2, 0.25) is 0 Å². The maximum atomic E-state index is 11.7. The molecule has 0 saturated carbocycles. The number of imidazole rings is 1. The SMILES string of the molecule is CC(=O)OCCN(CCOC(C)=O)CCOC(C)=O.CCC(C)(C)OC(=O)N1CCC(O)CC1.CCCCCCCN(CCCCCCC)CCCCCCC.COCOCCN(CCOCOC)CCOCOC.c1ccc(-c2nc3ccccc3[nH]2)cc1. The van der Waals surface area contributed by atoms with E-state index in [1.54, 1.807) is 26.2 Å². The van der Waals surface area contributed by atoms with Crippen molar-refractivity contribution in [2.75, 3.05) is 153 Å². The number of carbonyl (C=O) groups is 4. The quantitative estimate of drug-likeness (QED) is 0.0232. The normalized spacial score (nSPS) is 12.3. The molecule has 1 amide bonds. The number of amides is 1. The van der Waals surface area contributed by atoms with Crippen LogP contribution < -0.4 is 0 Å². The molecule has 2 heterocycles. The van der Waals surface area contributed by atoms with Gasteiger partial charge in [-0.05, 0) is 84.1 Å². The lowest BCUT2D eigenvalue weighted by atomic mass is 10.1. The van der Waals surface area contributed by atoms with Crippen LogP contribution in [-0.2, 0) is 61.8 Å². The fraction of sp³-hybridized carbons (Fsp3) is 0.754. The average molecular weight is 1280 g/mol. The molecule has 1 aromatic heterocycles. The second kappa shape index (κ2) is 59.2. The molecule has 520 valence electrons. The highest BCUT2D eigenvalue weighted by atomic mass is 16.7. The Balaban J connectivity index is 0.00000111. The van der Waals surface area contributed by atoms with Crippen LogP contribution in [0, 0.1) is 0 Å². The number of hydrogen-bond donors (Lipinski definition) is 2. The summed E-state index contributed by atoms with van der Waals surface area (Å²) in [7, 11) is 4.82. The molecule has 0 spiro atoms. The molecule has 0 bridgehead atoms. The zero-order valence-corrected chi connectivity index (χ0v) is 58.0. The zero-order chi connectivity index (χ0) is 66.7. The van der Waals surface area contributed by atoms with Crippen molar-refractivity contribution in [3.8, 4) is 11.4 Å². The summed E-state index contributed by atoms with van der Waals surface area (Å²) < 4.78 is 50.2. The van der Waals surface area contributed by atoms with Gasteiger partial charge in [-0.15, -0.1) is 0 Å². The number of likely N-dealkylation sites (tertiary alicyclic amines) is 1. The topological polar surface area (TPSA) is 222 Å². The van der Waals surface area contributed by atoms with E-state index in [1.807, 2.05) is 68.1 Å². The molecule has 1 aliphatic rings. The molecule has 1 fully saturated rings. The van der Waals surface area contributed by atoms with Gasteiger partial charge >= 0.3 is 24.0 Å². The molecule has 1 saturated heterocycles. The number of para-hydroxylation sites is 2. The van der Waals surface area contributed by atoms with E-state index in [-0.39, 0.29) is 49.9 Å². The summed E-state index contributed by atoms with van der Waals surface area (Å²) in [5, 5.41) is 9.31. The fourth-order valence-corrected chi connectivity index (χ4v) is 8.89. The van der Waals surface area contributed by atoms with Crippen molar-refractivity contribution in [1.82, 2.24) is 29.6 Å². The molecule has 90 heavy (non-hydrogen) atoms. The Labute approximate surface area is 543 Å². The molecule has 0 unspecified atom stereocenters. The lowest BCUT2D eigenvalue weighted by molar-refractivity contribution is -0.142. The Morgan fingerprint density at radius 3 is 1.26 bits per heavy atom. The molecule has 2 aromatic carbocycles. The molecule has 0 atom stereocenters. The molecular formula is C69H124N6O15. The standard InChI is InChI=1S/C21H45N.C13H10N2.C12H27NO6.C12H21NO6.C11H21NO3/c1-4-7-10-13-16-19-22(20-17-14-11-8-5-2)21-18-15-12-9-6-3;1-2-6-10(7-3-1)13-14-11-8-4-5-9-12(11)15-13;1-14-10-17-7-4-13(5-8-18-11-15-2)6-9-19-12-16-3;1-10(14)17-7-4-13(5-8-18-11(2)15)6-9-19-12(3)16;1-4-11(2,3)15-10(14)12-7-5-9(13)6-8-12/h4-21H2,1-3H3;1-9H,(H,14,15);4-12H2,1-3H3;4-9H2,1-3H3;9,13H,4-8H2,1-3H3.